The summed E-state index contributed by atoms with van der Waals surface area (Å²) in [7, 11) is 0. The van der Waals surface area contributed by atoms with Crippen LogP contribution in [0.4, 0.5) is 17.1 Å². The summed E-state index contributed by atoms with van der Waals surface area (Å²) in [4.78, 5) is 2.46. The van der Waals surface area contributed by atoms with Gasteiger partial charge in [-0.25, -0.2) is 0 Å². The summed E-state index contributed by atoms with van der Waals surface area (Å²) in [5.41, 5.74) is 19.8. The lowest BCUT2D eigenvalue weighted by molar-refractivity contribution is 0.662. The molecule has 0 saturated heterocycles. The van der Waals surface area contributed by atoms with Crippen molar-refractivity contribution in [2.45, 2.75) is 24.7 Å². The third-order valence-corrected chi connectivity index (χ3v) is 13.3. The molecule has 0 bridgehead atoms. The lowest BCUT2D eigenvalue weighted by Crippen LogP contribution is -2.28. The van der Waals surface area contributed by atoms with E-state index < -0.39 is 5.41 Å². The van der Waals surface area contributed by atoms with E-state index in [1.807, 2.05) is 0 Å². The molecule has 0 spiro atoms. The molecular formula is C58H41NO. The molecule has 12 rings (SSSR count). The van der Waals surface area contributed by atoms with Crippen LogP contribution < -0.4 is 4.90 Å². The molecule has 1 heterocycles. The van der Waals surface area contributed by atoms with Crippen LogP contribution in [-0.2, 0) is 10.8 Å². The van der Waals surface area contributed by atoms with E-state index in [-0.39, 0.29) is 5.41 Å². The van der Waals surface area contributed by atoms with Crippen molar-refractivity contribution in [2.75, 3.05) is 4.90 Å². The van der Waals surface area contributed by atoms with Crippen molar-refractivity contribution in [3.8, 4) is 33.4 Å². The zero-order valence-corrected chi connectivity index (χ0v) is 33.6. The Morgan fingerprint density at radius 3 is 1.63 bits per heavy atom. The lowest BCUT2D eigenvalue weighted by atomic mass is 9.68. The van der Waals surface area contributed by atoms with Crippen molar-refractivity contribution in [3.63, 3.8) is 0 Å². The van der Waals surface area contributed by atoms with Crippen LogP contribution in [0.2, 0.25) is 0 Å². The number of fused-ring (bicyclic) bond motifs is 9. The predicted molar refractivity (Wildman–Crippen MR) is 249 cm³/mol. The first-order valence-electron chi connectivity index (χ1n) is 20.9. The minimum Gasteiger partial charge on any atom is -0.456 e. The molecule has 0 atom stereocenters. The molecule has 0 amide bonds. The molecule has 0 unspecified atom stereocenters. The monoisotopic (exact) mass is 767 g/mol. The maximum absolute atomic E-state index is 6.54. The van der Waals surface area contributed by atoms with Gasteiger partial charge >= 0.3 is 0 Å². The highest BCUT2D eigenvalue weighted by Crippen LogP contribution is 2.58. The van der Waals surface area contributed by atoms with Gasteiger partial charge in [0.2, 0.25) is 0 Å². The fourth-order valence-electron chi connectivity index (χ4n) is 10.8. The second-order valence-corrected chi connectivity index (χ2v) is 16.8. The average molecular weight is 768 g/mol. The quantitative estimate of drug-likeness (QED) is 0.168. The van der Waals surface area contributed by atoms with E-state index in [4.69, 9.17) is 4.42 Å². The minimum absolute atomic E-state index is 0.178. The second-order valence-electron chi connectivity index (χ2n) is 16.8. The molecule has 284 valence electrons. The Balaban J connectivity index is 1.14. The van der Waals surface area contributed by atoms with Gasteiger partial charge in [-0.2, -0.15) is 0 Å². The summed E-state index contributed by atoms with van der Waals surface area (Å²) >= 11 is 0. The maximum atomic E-state index is 6.54. The Labute approximate surface area is 350 Å². The smallest absolute Gasteiger partial charge is 0.137 e. The molecule has 0 radical (unpaired) electrons. The van der Waals surface area contributed by atoms with Crippen LogP contribution >= 0.6 is 0 Å². The van der Waals surface area contributed by atoms with Crippen molar-refractivity contribution >= 4 is 39.0 Å². The van der Waals surface area contributed by atoms with Crippen LogP contribution in [0.5, 0.6) is 0 Å². The zero-order chi connectivity index (χ0) is 40.0. The summed E-state index contributed by atoms with van der Waals surface area (Å²) < 4.78 is 6.54. The molecule has 2 nitrogen and oxygen atoms in total. The summed E-state index contributed by atoms with van der Waals surface area (Å²) in [6.45, 7) is 4.75. The topological polar surface area (TPSA) is 16.4 Å². The summed E-state index contributed by atoms with van der Waals surface area (Å²) in [6.07, 6.45) is 0. The number of hydrogen-bond donors (Lipinski definition) is 0. The van der Waals surface area contributed by atoms with E-state index in [0.29, 0.717) is 0 Å². The Morgan fingerprint density at radius 2 is 0.933 bits per heavy atom. The second kappa shape index (κ2) is 13.0. The van der Waals surface area contributed by atoms with E-state index in [1.54, 1.807) is 0 Å². The average Bonchev–Trinajstić information content (AvgIpc) is 3.92. The Bertz CT molecular complexity index is 3240. The Hall–Kier alpha value is -7.42. The van der Waals surface area contributed by atoms with Crippen LogP contribution in [0.25, 0.3) is 55.3 Å². The minimum atomic E-state index is -0.484. The number of rotatable bonds is 6. The van der Waals surface area contributed by atoms with Crippen LogP contribution in [0, 0.1) is 0 Å². The summed E-state index contributed by atoms with van der Waals surface area (Å²) in [5.74, 6) is 0. The molecule has 2 aliphatic rings. The van der Waals surface area contributed by atoms with Gasteiger partial charge in [0, 0.05) is 22.2 Å². The van der Waals surface area contributed by atoms with E-state index in [1.165, 1.54) is 66.8 Å². The van der Waals surface area contributed by atoms with E-state index >= 15 is 0 Å². The van der Waals surface area contributed by atoms with Gasteiger partial charge in [0.1, 0.15) is 11.2 Å². The van der Waals surface area contributed by atoms with Crippen molar-refractivity contribution in [1.82, 2.24) is 0 Å². The predicted octanol–water partition coefficient (Wildman–Crippen LogP) is 15.4. The Morgan fingerprint density at radius 1 is 0.400 bits per heavy atom. The van der Waals surface area contributed by atoms with Gasteiger partial charge < -0.3 is 9.32 Å². The highest BCUT2D eigenvalue weighted by molar-refractivity contribution is 6.13. The van der Waals surface area contributed by atoms with Crippen molar-refractivity contribution in [3.05, 3.63) is 246 Å². The van der Waals surface area contributed by atoms with Gasteiger partial charge in [0.25, 0.3) is 0 Å². The molecule has 10 aromatic rings. The standard InChI is InChI=1S/C58H41NO/c1-57(2)49-26-13-9-24-45(49)48-37-42(36-47(56(48)57)38-18-5-3-6-19-38)59(52-29-17-31-54-55(52)46-25-12-16-30-53(46)60-54)41-34-32-40(33-35-41)58(39-20-7-4-8-21-39)50-27-14-10-22-43(50)44-23-11-15-28-51(44)58/h3-37H,1-2H3. The molecular weight excluding hydrogens is 727 g/mol. The van der Waals surface area contributed by atoms with Crippen molar-refractivity contribution in [2.24, 2.45) is 0 Å². The summed E-state index contributed by atoms with van der Waals surface area (Å²) in [5, 5.41) is 2.20. The zero-order valence-electron chi connectivity index (χ0n) is 33.6. The lowest BCUT2D eigenvalue weighted by Gasteiger charge is -2.34. The van der Waals surface area contributed by atoms with Gasteiger partial charge in [0.15, 0.2) is 0 Å². The number of furan rings is 1. The Kier molecular flexibility index (Phi) is 7.52. The van der Waals surface area contributed by atoms with E-state index in [2.05, 4.69) is 231 Å². The third-order valence-electron chi connectivity index (χ3n) is 13.3. The highest BCUT2D eigenvalue weighted by Gasteiger charge is 2.46. The molecule has 9 aromatic carbocycles. The first kappa shape index (κ1) is 34.6. The third kappa shape index (κ3) is 4.82. The number of para-hydroxylation sites is 1. The van der Waals surface area contributed by atoms with Crippen molar-refractivity contribution in [1.29, 1.82) is 0 Å². The largest absolute Gasteiger partial charge is 0.456 e. The molecule has 2 heteroatoms. The normalized spacial score (nSPS) is 14.1. The molecule has 60 heavy (non-hydrogen) atoms. The molecule has 0 N–H and O–H groups in total. The van der Waals surface area contributed by atoms with E-state index in [9.17, 15) is 0 Å². The molecule has 0 fully saturated rings. The van der Waals surface area contributed by atoms with Gasteiger partial charge in [-0.1, -0.05) is 184 Å². The molecule has 0 saturated carbocycles. The maximum Gasteiger partial charge on any atom is 0.137 e. The fraction of sp³-hybridized carbons (Fsp3) is 0.0690. The van der Waals surface area contributed by atoms with Gasteiger partial charge in [-0.05, 0) is 109 Å². The number of nitrogens with zero attached hydrogens (tertiary/aromatic N) is 1. The fourth-order valence-corrected chi connectivity index (χ4v) is 10.8. The van der Waals surface area contributed by atoms with Crippen molar-refractivity contribution < 1.29 is 4.42 Å². The first-order valence-corrected chi connectivity index (χ1v) is 20.9. The van der Waals surface area contributed by atoms with Gasteiger partial charge in [-0.3, -0.25) is 0 Å². The molecule has 0 aliphatic heterocycles. The SMILES string of the molecule is CC1(C)c2ccccc2-c2cc(N(c3ccc(C4(c5ccccc5)c5ccccc5-c5ccccc54)cc3)c3cccc4oc5ccccc5c34)cc(-c3ccccc3)c21. The number of benzene rings is 9. The number of anilines is 3. The van der Waals surface area contributed by atoms with Gasteiger partial charge in [0.05, 0.1) is 16.5 Å². The molecule has 2 aliphatic carbocycles. The van der Waals surface area contributed by atoms with Crippen LogP contribution in [0.3, 0.4) is 0 Å². The van der Waals surface area contributed by atoms with Gasteiger partial charge in [-0.15, -0.1) is 0 Å². The highest BCUT2D eigenvalue weighted by atomic mass is 16.3. The van der Waals surface area contributed by atoms with Crippen LogP contribution in [0.15, 0.2) is 217 Å². The summed E-state index contributed by atoms with van der Waals surface area (Å²) in [6, 6.07) is 77.9. The van der Waals surface area contributed by atoms with E-state index in [0.717, 1.165) is 39.0 Å². The van der Waals surface area contributed by atoms with Crippen LogP contribution in [-0.4, -0.2) is 0 Å². The first-order chi connectivity index (χ1) is 29.5. The molecule has 1 aromatic heterocycles. The number of hydrogen-bond acceptors (Lipinski definition) is 2. The van der Waals surface area contributed by atoms with Crippen LogP contribution in [0.1, 0.15) is 47.2 Å².